The van der Waals surface area contributed by atoms with Gasteiger partial charge in [0.25, 0.3) is 5.91 Å². The number of amides is 1. The van der Waals surface area contributed by atoms with E-state index in [1.807, 2.05) is 38.1 Å². The molecule has 0 spiro atoms. The minimum Gasteiger partial charge on any atom is -0.392 e. The van der Waals surface area contributed by atoms with E-state index in [4.69, 9.17) is 11.6 Å². The number of aryl methyl sites for hydroxylation is 1. The van der Waals surface area contributed by atoms with Crippen molar-refractivity contribution in [1.82, 2.24) is 10.2 Å². The highest BCUT2D eigenvalue weighted by atomic mass is 35.5. The molecule has 0 fully saturated rings. The molecule has 1 unspecified atom stereocenters. The number of aliphatic hydroxyl groups is 1. The third kappa shape index (κ3) is 7.79. The zero-order valence-corrected chi connectivity index (χ0v) is 20.3. The van der Waals surface area contributed by atoms with E-state index in [2.05, 4.69) is 22.1 Å². The van der Waals surface area contributed by atoms with Gasteiger partial charge in [-0.05, 0) is 71.1 Å². The van der Waals surface area contributed by atoms with Gasteiger partial charge in [-0.25, -0.2) is 4.99 Å². The summed E-state index contributed by atoms with van der Waals surface area (Å²) in [6, 6.07) is 12.5. The Bertz CT molecular complexity index is 1120. The van der Waals surface area contributed by atoms with Gasteiger partial charge in [0, 0.05) is 19.8 Å². The number of hydrogen-bond donors (Lipinski definition) is 2. The monoisotopic (exact) mass is 480 g/mol. The Labute approximate surface area is 205 Å². The van der Waals surface area contributed by atoms with Gasteiger partial charge in [0.1, 0.15) is 11.4 Å². The molecule has 0 heterocycles. The van der Waals surface area contributed by atoms with Gasteiger partial charge in [0.15, 0.2) is 0 Å². The molecular formula is C26H29ClN4O3. The number of nitrogens with zero attached hydrogens (tertiary/aromatic N) is 3. The molecule has 0 bridgehead atoms. The van der Waals surface area contributed by atoms with E-state index in [1.165, 1.54) is 12.5 Å². The van der Waals surface area contributed by atoms with E-state index in [0.29, 0.717) is 16.8 Å². The number of aliphatic imine (C=N–C) groups is 1. The largest absolute Gasteiger partial charge is 0.392 e. The van der Waals surface area contributed by atoms with Gasteiger partial charge in [-0.15, -0.1) is 16.5 Å². The molecule has 0 saturated carbocycles. The van der Waals surface area contributed by atoms with Crippen molar-refractivity contribution in [3.63, 3.8) is 0 Å². The quantitative estimate of drug-likeness (QED) is 0.153. The third-order valence-electron chi connectivity index (χ3n) is 5.07. The second-order valence-corrected chi connectivity index (χ2v) is 8.30. The Hall–Kier alpha value is -3.55. The summed E-state index contributed by atoms with van der Waals surface area (Å²) in [6.45, 7) is 7.49. The summed E-state index contributed by atoms with van der Waals surface area (Å²) in [5.41, 5.74) is 4.79. The van der Waals surface area contributed by atoms with Crippen LogP contribution in [0.1, 0.15) is 29.2 Å². The van der Waals surface area contributed by atoms with Crippen molar-refractivity contribution >= 4 is 41.7 Å². The summed E-state index contributed by atoms with van der Waals surface area (Å²) in [7, 11) is 1.69. The van der Waals surface area contributed by atoms with Crippen molar-refractivity contribution in [2.24, 2.45) is 10.2 Å². The molecule has 1 atom stereocenters. The van der Waals surface area contributed by atoms with Gasteiger partial charge in [0.2, 0.25) is 0 Å². The molecule has 0 aliphatic rings. The first-order valence-corrected chi connectivity index (χ1v) is 11.1. The van der Waals surface area contributed by atoms with Gasteiger partial charge in [0.05, 0.1) is 18.3 Å². The molecule has 34 heavy (non-hydrogen) atoms. The maximum atomic E-state index is 13.1. The Morgan fingerprint density at radius 2 is 2.03 bits per heavy atom. The number of rotatable bonds is 11. The summed E-state index contributed by atoms with van der Waals surface area (Å²) in [5.74, 6) is -0.328. The lowest BCUT2D eigenvalue weighted by molar-refractivity contribution is -0.118. The van der Waals surface area contributed by atoms with E-state index < -0.39 is 0 Å². The fraction of sp³-hybridized carbons (Fsp3) is 0.231. The lowest BCUT2D eigenvalue weighted by atomic mass is 10.0. The number of hydrogen-bond acceptors (Lipinski definition) is 5. The SMILES string of the molecule is C=CN=CN(C)/C(=C\c1cccc(N=O)c1)C(=O)NCc1ccc(C)c(/C=C(/CO)C(C)Cl)c1. The average molecular weight is 481 g/mol. The Balaban J connectivity index is 2.29. The smallest absolute Gasteiger partial charge is 0.268 e. The highest BCUT2D eigenvalue weighted by Gasteiger charge is 2.14. The number of benzene rings is 2. The predicted molar refractivity (Wildman–Crippen MR) is 140 cm³/mol. The van der Waals surface area contributed by atoms with Crippen LogP contribution in [0.4, 0.5) is 5.69 Å². The first-order valence-electron chi connectivity index (χ1n) is 10.6. The molecule has 0 radical (unpaired) electrons. The number of nitroso groups, excluding NO2 is 1. The molecule has 178 valence electrons. The standard InChI is InChI=1S/C26H29ClN4O3/c1-5-28-17-31(4)25(13-20-7-6-8-24(12-20)30-34)26(33)29-15-21-10-9-18(2)22(11-21)14-23(16-32)19(3)27/h5-14,17,19,32H,1,15-16H2,2-4H3,(H,29,33)/b23-14-,25-13-,28-17?. The topological polar surface area (TPSA) is 94.4 Å². The molecule has 7 nitrogen and oxygen atoms in total. The number of aliphatic hydroxyl groups excluding tert-OH is 1. The summed E-state index contributed by atoms with van der Waals surface area (Å²) in [4.78, 5) is 29.5. The van der Waals surface area contributed by atoms with Crippen molar-refractivity contribution in [3.8, 4) is 0 Å². The fourth-order valence-corrected chi connectivity index (χ4v) is 3.21. The highest BCUT2D eigenvalue weighted by molar-refractivity contribution is 6.22. The summed E-state index contributed by atoms with van der Waals surface area (Å²) in [5, 5.41) is 15.1. The molecule has 0 saturated heterocycles. The van der Waals surface area contributed by atoms with Crippen molar-refractivity contribution in [2.75, 3.05) is 13.7 Å². The third-order valence-corrected chi connectivity index (χ3v) is 5.35. The van der Waals surface area contributed by atoms with Gasteiger partial charge in [-0.3, -0.25) is 4.79 Å². The summed E-state index contributed by atoms with van der Waals surface area (Å²) in [6.07, 6.45) is 6.36. The lowest BCUT2D eigenvalue weighted by Gasteiger charge is -2.18. The molecule has 0 aromatic heterocycles. The Morgan fingerprint density at radius 1 is 1.26 bits per heavy atom. The predicted octanol–water partition coefficient (Wildman–Crippen LogP) is 5.16. The second-order valence-electron chi connectivity index (χ2n) is 7.64. The second kappa shape index (κ2) is 13.2. The lowest BCUT2D eigenvalue weighted by Crippen LogP contribution is -2.32. The average Bonchev–Trinajstić information content (AvgIpc) is 2.84. The normalized spacial score (nSPS) is 13.0. The van der Waals surface area contributed by atoms with Crippen LogP contribution in [0.5, 0.6) is 0 Å². The van der Waals surface area contributed by atoms with E-state index in [-0.39, 0.29) is 30.1 Å². The first-order chi connectivity index (χ1) is 16.3. The molecule has 2 aromatic carbocycles. The van der Waals surface area contributed by atoms with Crippen LogP contribution in [-0.4, -0.2) is 41.3 Å². The molecule has 0 aliphatic carbocycles. The zero-order chi connectivity index (χ0) is 25.1. The van der Waals surface area contributed by atoms with Crippen LogP contribution in [0.3, 0.4) is 0 Å². The van der Waals surface area contributed by atoms with Crippen molar-refractivity contribution < 1.29 is 9.90 Å². The van der Waals surface area contributed by atoms with Crippen molar-refractivity contribution in [1.29, 1.82) is 0 Å². The minimum absolute atomic E-state index is 0.126. The highest BCUT2D eigenvalue weighted by Crippen LogP contribution is 2.20. The zero-order valence-electron chi connectivity index (χ0n) is 19.5. The van der Waals surface area contributed by atoms with Crippen molar-refractivity contribution in [2.45, 2.75) is 25.8 Å². The van der Waals surface area contributed by atoms with Crippen LogP contribution in [0.2, 0.25) is 0 Å². The van der Waals surface area contributed by atoms with Crippen LogP contribution in [0, 0.1) is 11.8 Å². The first kappa shape index (κ1) is 26.7. The van der Waals surface area contributed by atoms with Gasteiger partial charge < -0.3 is 15.3 Å². The molecule has 2 N–H and O–H groups in total. The molecule has 1 amide bonds. The number of alkyl halides is 1. The minimum atomic E-state index is -0.328. The van der Waals surface area contributed by atoms with Gasteiger partial charge in [-0.2, -0.15) is 0 Å². The van der Waals surface area contributed by atoms with Crippen LogP contribution < -0.4 is 5.32 Å². The van der Waals surface area contributed by atoms with Crippen LogP contribution in [0.15, 0.2) is 76.7 Å². The van der Waals surface area contributed by atoms with E-state index in [1.54, 1.807) is 42.3 Å². The molecule has 2 rings (SSSR count). The van der Waals surface area contributed by atoms with E-state index in [0.717, 1.165) is 16.7 Å². The Morgan fingerprint density at radius 3 is 2.68 bits per heavy atom. The van der Waals surface area contributed by atoms with Crippen molar-refractivity contribution in [3.05, 3.63) is 93.7 Å². The number of halogens is 1. The molecular weight excluding hydrogens is 452 g/mol. The maximum Gasteiger partial charge on any atom is 0.268 e. The summed E-state index contributed by atoms with van der Waals surface area (Å²) >= 11 is 6.14. The Kier molecular flexibility index (Phi) is 10.4. The van der Waals surface area contributed by atoms with Crippen LogP contribution in [0.25, 0.3) is 12.2 Å². The number of nitrogens with one attached hydrogen (secondary N) is 1. The van der Waals surface area contributed by atoms with Crippen LogP contribution >= 0.6 is 11.6 Å². The number of likely N-dealkylation sites (N-methyl/N-ethyl adjacent to an activating group) is 1. The molecule has 0 aliphatic heterocycles. The summed E-state index contributed by atoms with van der Waals surface area (Å²) < 4.78 is 0. The van der Waals surface area contributed by atoms with Gasteiger partial charge in [-0.1, -0.05) is 36.9 Å². The molecule has 2 aromatic rings. The fourth-order valence-electron chi connectivity index (χ4n) is 3.08. The maximum absolute atomic E-state index is 13.1. The van der Waals surface area contributed by atoms with Crippen LogP contribution in [-0.2, 0) is 11.3 Å². The van der Waals surface area contributed by atoms with E-state index in [9.17, 15) is 14.8 Å². The number of carbonyl (C=O) groups is 1. The van der Waals surface area contributed by atoms with E-state index >= 15 is 0 Å². The molecule has 8 heteroatoms. The number of carbonyl (C=O) groups excluding carboxylic acids is 1. The van der Waals surface area contributed by atoms with Gasteiger partial charge >= 0.3 is 0 Å².